The van der Waals surface area contributed by atoms with Crippen LogP contribution in [0.1, 0.15) is 19.3 Å². The van der Waals surface area contributed by atoms with Crippen LogP contribution in [0.3, 0.4) is 0 Å². The van der Waals surface area contributed by atoms with Gasteiger partial charge in [-0.25, -0.2) is 0 Å². The fourth-order valence-corrected chi connectivity index (χ4v) is 3.20. The van der Waals surface area contributed by atoms with Gasteiger partial charge in [0.2, 0.25) is 0 Å². The lowest BCUT2D eigenvalue weighted by Gasteiger charge is -2.16. The van der Waals surface area contributed by atoms with Gasteiger partial charge in [-0.3, -0.25) is 0 Å². The van der Waals surface area contributed by atoms with Crippen LogP contribution in [0.25, 0.3) is 0 Å². The minimum Gasteiger partial charge on any atom is -0.313 e. The van der Waals surface area contributed by atoms with E-state index in [1.54, 1.807) is 0 Å². The highest BCUT2D eigenvalue weighted by molar-refractivity contribution is 7.99. The first-order valence-corrected chi connectivity index (χ1v) is 7.93. The Morgan fingerprint density at radius 1 is 1.22 bits per heavy atom. The monoisotopic (exact) mass is 264 g/mol. The molecule has 2 nitrogen and oxygen atoms in total. The Kier molecular flexibility index (Phi) is 6.05. The molecule has 2 rings (SSSR count). The topological polar surface area (TPSA) is 15.3 Å². The van der Waals surface area contributed by atoms with Crippen LogP contribution in [0.4, 0.5) is 0 Å². The van der Waals surface area contributed by atoms with Crippen LogP contribution < -0.4 is 5.32 Å². The number of nitrogens with one attached hydrogen (secondary N) is 1. The van der Waals surface area contributed by atoms with Gasteiger partial charge in [0.15, 0.2) is 0 Å². The van der Waals surface area contributed by atoms with Crippen molar-refractivity contribution < 1.29 is 0 Å². The fourth-order valence-electron chi connectivity index (χ4n) is 2.39. The quantitative estimate of drug-likeness (QED) is 0.650. The molecule has 0 radical (unpaired) electrons. The molecule has 1 fully saturated rings. The van der Waals surface area contributed by atoms with E-state index < -0.39 is 0 Å². The van der Waals surface area contributed by atoms with Crippen LogP contribution in [0.5, 0.6) is 0 Å². The lowest BCUT2D eigenvalue weighted by Crippen LogP contribution is -2.31. The van der Waals surface area contributed by atoms with E-state index in [4.69, 9.17) is 0 Å². The number of benzene rings is 1. The molecule has 0 amide bonds. The first-order chi connectivity index (χ1) is 8.84. The Labute approximate surface area is 115 Å². The summed E-state index contributed by atoms with van der Waals surface area (Å²) >= 11 is 1.94. The van der Waals surface area contributed by atoms with Crippen molar-refractivity contribution in [3.63, 3.8) is 0 Å². The van der Waals surface area contributed by atoms with Crippen molar-refractivity contribution >= 4 is 11.8 Å². The van der Waals surface area contributed by atoms with Crippen molar-refractivity contribution in [3.05, 3.63) is 30.3 Å². The number of hydrogen-bond donors (Lipinski definition) is 1. The molecule has 3 heteroatoms. The average molecular weight is 264 g/mol. The molecule has 1 saturated heterocycles. The molecule has 1 heterocycles. The molecule has 100 valence electrons. The minimum absolute atomic E-state index is 0.728. The summed E-state index contributed by atoms with van der Waals surface area (Å²) < 4.78 is 0. The molecule has 0 bridgehead atoms. The Balaban J connectivity index is 1.60. The minimum atomic E-state index is 0.728. The molecule has 0 aliphatic carbocycles. The predicted octanol–water partition coefficient (Wildman–Crippen LogP) is 2.85. The van der Waals surface area contributed by atoms with Gasteiger partial charge in [-0.15, -0.1) is 11.8 Å². The van der Waals surface area contributed by atoms with Gasteiger partial charge >= 0.3 is 0 Å². The van der Waals surface area contributed by atoms with Gasteiger partial charge in [0, 0.05) is 23.2 Å². The Morgan fingerprint density at radius 2 is 2.06 bits per heavy atom. The normalized spacial score (nSPS) is 21.7. The smallest absolute Gasteiger partial charge is 0.0106 e. The Bertz CT molecular complexity index is 329. The number of hydrogen-bond acceptors (Lipinski definition) is 3. The van der Waals surface area contributed by atoms with Gasteiger partial charge in [0.25, 0.3) is 0 Å². The maximum absolute atomic E-state index is 3.70. The summed E-state index contributed by atoms with van der Waals surface area (Å²) in [5.41, 5.74) is 0. The maximum Gasteiger partial charge on any atom is 0.0106 e. The second-order valence-corrected chi connectivity index (χ2v) is 6.22. The molecular formula is C15H24N2S. The molecule has 0 spiro atoms. The first-order valence-electron chi connectivity index (χ1n) is 6.94. The second kappa shape index (κ2) is 7.82. The van der Waals surface area contributed by atoms with Crippen LogP contribution in [0.2, 0.25) is 0 Å². The van der Waals surface area contributed by atoms with Gasteiger partial charge < -0.3 is 10.2 Å². The third-order valence-corrected chi connectivity index (χ3v) is 4.51. The van der Waals surface area contributed by atoms with Crippen molar-refractivity contribution in [3.8, 4) is 0 Å². The second-order valence-electron chi connectivity index (χ2n) is 5.05. The molecule has 1 N–H and O–H groups in total. The number of nitrogens with zero attached hydrogens (tertiary/aromatic N) is 1. The Hall–Kier alpha value is -0.510. The first kappa shape index (κ1) is 13.9. The lowest BCUT2D eigenvalue weighted by molar-refractivity contribution is 0.344. The van der Waals surface area contributed by atoms with Crippen molar-refractivity contribution in [2.45, 2.75) is 30.2 Å². The van der Waals surface area contributed by atoms with E-state index in [9.17, 15) is 0 Å². The molecule has 1 unspecified atom stereocenters. The summed E-state index contributed by atoms with van der Waals surface area (Å²) in [4.78, 5) is 3.82. The zero-order valence-corrected chi connectivity index (χ0v) is 12.1. The number of thioether (sulfide) groups is 1. The van der Waals surface area contributed by atoms with Crippen LogP contribution >= 0.6 is 11.8 Å². The van der Waals surface area contributed by atoms with Crippen molar-refractivity contribution in [2.24, 2.45) is 0 Å². The zero-order valence-electron chi connectivity index (χ0n) is 11.3. The molecule has 1 aromatic carbocycles. The molecule has 1 aliphatic heterocycles. The van der Waals surface area contributed by atoms with Crippen LogP contribution in [-0.4, -0.2) is 43.4 Å². The lowest BCUT2D eigenvalue weighted by atomic mass is 10.1. The van der Waals surface area contributed by atoms with E-state index in [0.29, 0.717) is 0 Å². The van der Waals surface area contributed by atoms with E-state index in [1.165, 1.54) is 37.2 Å². The summed E-state index contributed by atoms with van der Waals surface area (Å²) in [7, 11) is 2.23. The SMILES string of the molecule is CN1CCCC(NCCSc2ccccc2)CC1. The van der Waals surface area contributed by atoms with E-state index in [1.807, 2.05) is 11.8 Å². The fraction of sp³-hybridized carbons (Fsp3) is 0.600. The van der Waals surface area contributed by atoms with Gasteiger partial charge in [0.05, 0.1) is 0 Å². The third kappa shape index (κ3) is 5.01. The van der Waals surface area contributed by atoms with E-state index in [-0.39, 0.29) is 0 Å². The van der Waals surface area contributed by atoms with Crippen molar-refractivity contribution in [1.29, 1.82) is 0 Å². The van der Waals surface area contributed by atoms with Gasteiger partial charge in [0.1, 0.15) is 0 Å². The van der Waals surface area contributed by atoms with Gasteiger partial charge in [-0.1, -0.05) is 18.2 Å². The van der Waals surface area contributed by atoms with Gasteiger partial charge in [-0.2, -0.15) is 0 Å². The molecular weight excluding hydrogens is 240 g/mol. The van der Waals surface area contributed by atoms with Crippen molar-refractivity contribution in [2.75, 3.05) is 32.4 Å². The summed E-state index contributed by atoms with van der Waals surface area (Å²) in [6.07, 6.45) is 3.97. The van der Waals surface area contributed by atoms with E-state index >= 15 is 0 Å². The molecule has 0 saturated carbocycles. The largest absolute Gasteiger partial charge is 0.313 e. The predicted molar refractivity (Wildman–Crippen MR) is 80.3 cm³/mol. The Morgan fingerprint density at radius 3 is 2.89 bits per heavy atom. The number of likely N-dealkylation sites (tertiary alicyclic amines) is 1. The molecule has 1 atom stereocenters. The van der Waals surface area contributed by atoms with Crippen molar-refractivity contribution in [1.82, 2.24) is 10.2 Å². The molecule has 1 aliphatic rings. The molecule has 1 aromatic rings. The zero-order chi connectivity index (χ0) is 12.6. The summed E-state index contributed by atoms with van der Waals surface area (Å²) in [6.45, 7) is 3.62. The van der Waals surface area contributed by atoms with E-state index in [0.717, 1.165) is 18.3 Å². The van der Waals surface area contributed by atoms with E-state index in [2.05, 4.69) is 47.6 Å². The summed E-state index contributed by atoms with van der Waals surface area (Å²) in [6, 6.07) is 11.4. The summed E-state index contributed by atoms with van der Waals surface area (Å²) in [5.74, 6) is 1.16. The highest BCUT2D eigenvalue weighted by atomic mass is 32.2. The molecule has 0 aromatic heterocycles. The van der Waals surface area contributed by atoms with Crippen LogP contribution in [-0.2, 0) is 0 Å². The third-order valence-electron chi connectivity index (χ3n) is 3.50. The average Bonchev–Trinajstić information content (AvgIpc) is 2.61. The molecule has 18 heavy (non-hydrogen) atoms. The summed E-state index contributed by atoms with van der Waals surface area (Å²) in [5, 5.41) is 3.70. The number of rotatable bonds is 5. The van der Waals surface area contributed by atoms with Gasteiger partial charge in [-0.05, 0) is 51.5 Å². The highest BCUT2D eigenvalue weighted by Crippen LogP contribution is 2.16. The van der Waals surface area contributed by atoms with Crippen LogP contribution in [0, 0.1) is 0 Å². The highest BCUT2D eigenvalue weighted by Gasteiger charge is 2.13. The maximum atomic E-state index is 3.70. The standard InChI is InChI=1S/C15H24N2S/c1-17-11-5-6-14(9-12-17)16-10-13-18-15-7-3-2-4-8-15/h2-4,7-8,14,16H,5-6,9-13H2,1H3. The van der Waals surface area contributed by atoms with Crippen LogP contribution in [0.15, 0.2) is 35.2 Å².